The Bertz CT molecular complexity index is 479. The molecule has 0 aliphatic rings. The van der Waals surface area contributed by atoms with Gasteiger partial charge in [-0.15, -0.1) is 0 Å². The van der Waals surface area contributed by atoms with Gasteiger partial charge in [-0.05, 0) is 0 Å². The van der Waals surface area contributed by atoms with Gasteiger partial charge in [0.2, 0.25) is 5.78 Å². The molecule has 0 atom stereocenters. The van der Waals surface area contributed by atoms with Gasteiger partial charge in [-0.2, -0.15) is 5.26 Å². The van der Waals surface area contributed by atoms with Gasteiger partial charge in [-0.1, -0.05) is 0 Å². The van der Waals surface area contributed by atoms with E-state index in [1.165, 1.54) is 6.20 Å². The summed E-state index contributed by atoms with van der Waals surface area (Å²) in [7, 11) is 0. The van der Waals surface area contributed by atoms with Gasteiger partial charge in [-0.3, -0.25) is 4.40 Å². The monoisotopic (exact) mass is 173 g/mol. The maximum absolute atomic E-state index is 8.61. The van der Waals surface area contributed by atoms with E-state index >= 15 is 0 Å². The largest absolute Gasteiger partial charge is 0.325 e. The van der Waals surface area contributed by atoms with Crippen LogP contribution in [0.5, 0.6) is 0 Å². The van der Waals surface area contributed by atoms with Crippen LogP contribution in [-0.4, -0.2) is 14.4 Å². The molecule has 0 bridgehead atoms. The summed E-state index contributed by atoms with van der Waals surface area (Å²) in [6.07, 6.45) is 4.93. The van der Waals surface area contributed by atoms with Crippen molar-refractivity contribution in [3.05, 3.63) is 29.8 Å². The van der Waals surface area contributed by atoms with Crippen molar-refractivity contribution in [2.24, 2.45) is 5.73 Å². The smallest absolute Gasteiger partial charge is 0.234 e. The van der Waals surface area contributed by atoms with Crippen LogP contribution in [0.15, 0.2) is 18.6 Å². The summed E-state index contributed by atoms with van der Waals surface area (Å²) in [4.78, 5) is 8.12. The molecule has 0 amide bonds. The number of rotatable bonds is 1. The number of imidazole rings is 1. The quantitative estimate of drug-likeness (QED) is 0.661. The molecule has 0 aliphatic carbocycles. The Hall–Kier alpha value is -1.93. The average molecular weight is 173 g/mol. The zero-order chi connectivity index (χ0) is 9.26. The lowest BCUT2D eigenvalue weighted by molar-refractivity contribution is 1.01. The second-order valence-electron chi connectivity index (χ2n) is 2.60. The minimum absolute atomic E-state index is 0.380. The minimum atomic E-state index is 0.380. The van der Waals surface area contributed by atoms with E-state index in [9.17, 15) is 0 Å². The molecule has 13 heavy (non-hydrogen) atoms. The number of nitrogens with zero attached hydrogens (tertiary/aromatic N) is 4. The molecular formula is C8H7N5. The Balaban J connectivity index is 2.65. The molecule has 0 aliphatic heterocycles. The van der Waals surface area contributed by atoms with E-state index in [1.807, 2.05) is 6.07 Å². The van der Waals surface area contributed by atoms with Crippen LogP contribution >= 0.6 is 0 Å². The highest BCUT2D eigenvalue weighted by molar-refractivity contribution is 5.35. The van der Waals surface area contributed by atoms with Crippen LogP contribution in [0.3, 0.4) is 0 Å². The molecule has 5 heteroatoms. The standard InChI is InChI=1S/C8H7N5/c9-1-6-3-11-8-12-7(2-10)5-13(8)4-6/h3-5H,2,10H2. The fourth-order valence-electron chi connectivity index (χ4n) is 1.09. The topological polar surface area (TPSA) is 80.0 Å². The summed E-state index contributed by atoms with van der Waals surface area (Å²) in [5, 5.41) is 8.61. The number of nitriles is 1. The van der Waals surface area contributed by atoms with Crippen LogP contribution < -0.4 is 5.73 Å². The first-order valence-electron chi connectivity index (χ1n) is 3.77. The highest BCUT2D eigenvalue weighted by Crippen LogP contribution is 2.03. The summed E-state index contributed by atoms with van der Waals surface area (Å²) < 4.78 is 1.70. The van der Waals surface area contributed by atoms with Crippen molar-refractivity contribution in [2.45, 2.75) is 6.54 Å². The molecular weight excluding hydrogens is 166 g/mol. The van der Waals surface area contributed by atoms with Gasteiger partial charge >= 0.3 is 0 Å². The van der Waals surface area contributed by atoms with Gasteiger partial charge in [0.15, 0.2) is 0 Å². The zero-order valence-corrected chi connectivity index (χ0v) is 6.81. The minimum Gasteiger partial charge on any atom is -0.325 e. The molecule has 2 rings (SSSR count). The summed E-state index contributed by atoms with van der Waals surface area (Å²) in [6.45, 7) is 0.380. The number of nitrogens with two attached hydrogens (primary N) is 1. The van der Waals surface area contributed by atoms with Crippen molar-refractivity contribution in [3.8, 4) is 6.07 Å². The third-order valence-electron chi connectivity index (χ3n) is 1.70. The third kappa shape index (κ3) is 1.23. The molecule has 2 aromatic heterocycles. The normalized spacial score (nSPS) is 10.2. The van der Waals surface area contributed by atoms with E-state index in [0.717, 1.165) is 5.69 Å². The van der Waals surface area contributed by atoms with Gasteiger partial charge in [0.05, 0.1) is 17.5 Å². The summed E-state index contributed by atoms with van der Waals surface area (Å²) in [5.74, 6) is 0.569. The first-order valence-corrected chi connectivity index (χ1v) is 3.77. The van der Waals surface area contributed by atoms with Gasteiger partial charge in [0.25, 0.3) is 0 Å². The van der Waals surface area contributed by atoms with Crippen molar-refractivity contribution in [3.63, 3.8) is 0 Å². The first-order chi connectivity index (χ1) is 6.33. The molecule has 0 spiro atoms. The number of hydrogen-bond donors (Lipinski definition) is 1. The Labute approximate surface area is 74.5 Å². The predicted molar refractivity (Wildman–Crippen MR) is 45.6 cm³/mol. The van der Waals surface area contributed by atoms with E-state index in [1.54, 1.807) is 16.8 Å². The average Bonchev–Trinajstić information content (AvgIpc) is 2.58. The highest BCUT2D eigenvalue weighted by Gasteiger charge is 2.00. The molecule has 5 nitrogen and oxygen atoms in total. The number of fused-ring (bicyclic) bond motifs is 1. The fourth-order valence-corrected chi connectivity index (χ4v) is 1.09. The Kier molecular flexibility index (Phi) is 1.69. The van der Waals surface area contributed by atoms with Crippen molar-refractivity contribution in [2.75, 3.05) is 0 Å². The van der Waals surface area contributed by atoms with E-state index in [2.05, 4.69) is 9.97 Å². The molecule has 0 saturated heterocycles. The molecule has 2 aromatic rings. The van der Waals surface area contributed by atoms with Crippen molar-refractivity contribution in [1.82, 2.24) is 14.4 Å². The molecule has 0 aromatic carbocycles. The van der Waals surface area contributed by atoms with Crippen LogP contribution in [0.2, 0.25) is 0 Å². The molecule has 2 heterocycles. The molecule has 0 saturated carbocycles. The maximum atomic E-state index is 8.61. The zero-order valence-electron chi connectivity index (χ0n) is 6.81. The van der Waals surface area contributed by atoms with Gasteiger partial charge in [0, 0.05) is 18.9 Å². The first kappa shape index (κ1) is 7.71. The lowest BCUT2D eigenvalue weighted by Gasteiger charge is -1.90. The highest BCUT2D eigenvalue weighted by atomic mass is 15.1. The van der Waals surface area contributed by atoms with Crippen molar-refractivity contribution in [1.29, 1.82) is 5.26 Å². The van der Waals surface area contributed by atoms with E-state index < -0.39 is 0 Å². The van der Waals surface area contributed by atoms with E-state index in [0.29, 0.717) is 17.9 Å². The molecule has 0 unspecified atom stereocenters. The SMILES string of the molecule is N#Cc1cnc2nc(CN)cn2c1. The second-order valence-corrected chi connectivity index (χ2v) is 2.60. The predicted octanol–water partition coefficient (Wildman–Crippen LogP) is 0.0597. The number of hydrogen-bond acceptors (Lipinski definition) is 4. The van der Waals surface area contributed by atoms with Crippen molar-refractivity contribution >= 4 is 5.78 Å². The summed E-state index contributed by atoms with van der Waals surface area (Å²) in [6, 6.07) is 2.00. The maximum Gasteiger partial charge on any atom is 0.234 e. The molecule has 2 N–H and O–H groups in total. The Morgan fingerprint density at radius 1 is 1.54 bits per heavy atom. The van der Waals surface area contributed by atoms with Crippen LogP contribution in [0, 0.1) is 11.3 Å². The summed E-state index contributed by atoms with van der Waals surface area (Å²) in [5.41, 5.74) is 6.69. The van der Waals surface area contributed by atoms with Crippen molar-refractivity contribution < 1.29 is 0 Å². The molecule has 0 radical (unpaired) electrons. The van der Waals surface area contributed by atoms with Gasteiger partial charge < -0.3 is 5.73 Å². The third-order valence-corrected chi connectivity index (χ3v) is 1.70. The molecule has 64 valence electrons. The Morgan fingerprint density at radius 3 is 3.08 bits per heavy atom. The van der Waals surface area contributed by atoms with Gasteiger partial charge in [0.1, 0.15) is 6.07 Å². The van der Waals surface area contributed by atoms with E-state index in [4.69, 9.17) is 11.0 Å². The fraction of sp³-hybridized carbons (Fsp3) is 0.125. The van der Waals surface area contributed by atoms with Gasteiger partial charge in [-0.25, -0.2) is 9.97 Å². The second kappa shape index (κ2) is 2.84. The van der Waals surface area contributed by atoms with Crippen LogP contribution in [-0.2, 0) is 6.54 Å². The van der Waals surface area contributed by atoms with Crippen LogP contribution in [0.1, 0.15) is 11.3 Å². The van der Waals surface area contributed by atoms with E-state index in [-0.39, 0.29) is 0 Å². The number of aromatic nitrogens is 3. The lowest BCUT2D eigenvalue weighted by atomic mass is 10.4. The van der Waals surface area contributed by atoms with Crippen LogP contribution in [0.25, 0.3) is 5.78 Å². The Morgan fingerprint density at radius 2 is 2.38 bits per heavy atom. The lowest BCUT2D eigenvalue weighted by Crippen LogP contribution is -1.95. The molecule has 0 fully saturated rings. The van der Waals surface area contributed by atoms with Crippen LogP contribution in [0.4, 0.5) is 0 Å². The summed E-state index contributed by atoms with van der Waals surface area (Å²) >= 11 is 0.